The number of carbonyl (C=O) groups excluding carboxylic acids is 1. The molecule has 2 saturated carbocycles. The van der Waals surface area contributed by atoms with Gasteiger partial charge in [0.15, 0.2) is 5.84 Å². The standard InChI is InChI=1S/C14H23N3O3/c15-11(17-19)14(5-7-20-8-6-14)12(18)16-9-13(3-4-13)10-1-2-10/h10,19H,1-9H2,(H2,15,17)(H,16,18). The topological polar surface area (TPSA) is 96.9 Å². The normalized spacial score (nSPS) is 27.9. The Morgan fingerprint density at radius 1 is 1.30 bits per heavy atom. The van der Waals surface area contributed by atoms with Crippen molar-refractivity contribution in [3.8, 4) is 0 Å². The molecule has 3 aliphatic rings. The van der Waals surface area contributed by atoms with Gasteiger partial charge in [0.1, 0.15) is 5.41 Å². The summed E-state index contributed by atoms with van der Waals surface area (Å²) < 4.78 is 5.30. The largest absolute Gasteiger partial charge is 0.409 e. The van der Waals surface area contributed by atoms with E-state index in [1.807, 2.05) is 0 Å². The van der Waals surface area contributed by atoms with Gasteiger partial charge in [-0.1, -0.05) is 5.16 Å². The van der Waals surface area contributed by atoms with Gasteiger partial charge in [-0.2, -0.15) is 0 Å². The van der Waals surface area contributed by atoms with Crippen molar-refractivity contribution in [2.75, 3.05) is 19.8 Å². The summed E-state index contributed by atoms with van der Waals surface area (Å²) in [5.41, 5.74) is 5.25. The van der Waals surface area contributed by atoms with Crippen molar-refractivity contribution in [1.82, 2.24) is 5.32 Å². The molecule has 6 nitrogen and oxygen atoms in total. The van der Waals surface area contributed by atoms with Gasteiger partial charge in [-0.05, 0) is 49.9 Å². The van der Waals surface area contributed by atoms with Gasteiger partial charge in [0.2, 0.25) is 5.91 Å². The van der Waals surface area contributed by atoms with E-state index in [9.17, 15) is 4.79 Å². The molecule has 2 aliphatic carbocycles. The SMILES string of the molecule is NC(=NO)C1(C(=O)NCC2(C3CC3)CC2)CCOCC1. The molecule has 20 heavy (non-hydrogen) atoms. The minimum absolute atomic E-state index is 0.00886. The van der Waals surface area contributed by atoms with Gasteiger partial charge in [-0.15, -0.1) is 0 Å². The van der Waals surface area contributed by atoms with E-state index in [0.29, 0.717) is 31.5 Å². The lowest BCUT2D eigenvalue weighted by atomic mass is 9.78. The van der Waals surface area contributed by atoms with Crippen molar-refractivity contribution in [3.05, 3.63) is 0 Å². The molecule has 0 atom stereocenters. The molecule has 1 amide bonds. The molecule has 1 heterocycles. The van der Waals surface area contributed by atoms with E-state index in [1.165, 1.54) is 25.7 Å². The maximum absolute atomic E-state index is 12.6. The number of nitrogens with zero attached hydrogens (tertiary/aromatic N) is 1. The van der Waals surface area contributed by atoms with Crippen LogP contribution in [0.2, 0.25) is 0 Å². The fourth-order valence-electron chi connectivity index (χ4n) is 3.43. The maximum Gasteiger partial charge on any atom is 0.234 e. The van der Waals surface area contributed by atoms with E-state index in [-0.39, 0.29) is 11.7 Å². The van der Waals surface area contributed by atoms with Crippen LogP contribution in [0.3, 0.4) is 0 Å². The van der Waals surface area contributed by atoms with Crippen molar-refractivity contribution in [2.24, 2.45) is 27.6 Å². The smallest absolute Gasteiger partial charge is 0.234 e. The number of amidine groups is 1. The number of nitrogens with two attached hydrogens (primary N) is 1. The molecule has 3 fully saturated rings. The molecule has 6 heteroatoms. The van der Waals surface area contributed by atoms with Gasteiger partial charge >= 0.3 is 0 Å². The van der Waals surface area contributed by atoms with Gasteiger partial charge in [0, 0.05) is 19.8 Å². The van der Waals surface area contributed by atoms with Crippen LogP contribution in [0.5, 0.6) is 0 Å². The van der Waals surface area contributed by atoms with Crippen molar-refractivity contribution in [2.45, 2.75) is 38.5 Å². The Morgan fingerprint density at radius 2 is 1.95 bits per heavy atom. The molecule has 0 bridgehead atoms. The van der Waals surface area contributed by atoms with Crippen LogP contribution in [0.25, 0.3) is 0 Å². The van der Waals surface area contributed by atoms with E-state index in [2.05, 4.69) is 10.5 Å². The Balaban J connectivity index is 1.66. The Bertz CT molecular complexity index is 421. The average Bonchev–Trinajstić information content (AvgIpc) is 3.37. The van der Waals surface area contributed by atoms with E-state index in [0.717, 1.165) is 12.5 Å². The fraction of sp³-hybridized carbons (Fsp3) is 0.857. The monoisotopic (exact) mass is 281 g/mol. The third-order valence-corrected chi connectivity index (χ3v) is 5.32. The third-order valence-electron chi connectivity index (χ3n) is 5.32. The summed E-state index contributed by atoms with van der Waals surface area (Å²) in [5.74, 6) is 0.704. The summed E-state index contributed by atoms with van der Waals surface area (Å²) in [6, 6.07) is 0. The highest BCUT2D eigenvalue weighted by Gasteiger charge is 2.54. The van der Waals surface area contributed by atoms with Gasteiger partial charge in [-0.3, -0.25) is 4.79 Å². The van der Waals surface area contributed by atoms with Crippen molar-refractivity contribution >= 4 is 11.7 Å². The highest BCUT2D eigenvalue weighted by Crippen LogP contribution is 2.60. The Hall–Kier alpha value is -1.30. The summed E-state index contributed by atoms with van der Waals surface area (Å²) in [5, 5.41) is 15.1. The molecule has 0 radical (unpaired) electrons. The Labute approximate surface area is 118 Å². The summed E-state index contributed by atoms with van der Waals surface area (Å²) in [4.78, 5) is 12.6. The third kappa shape index (κ3) is 2.26. The summed E-state index contributed by atoms with van der Waals surface area (Å²) >= 11 is 0. The molecule has 0 aromatic heterocycles. The first kappa shape index (κ1) is 13.7. The first-order chi connectivity index (χ1) is 9.63. The second-order valence-electron chi connectivity index (χ2n) is 6.50. The second kappa shape index (κ2) is 4.91. The molecule has 4 N–H and O–H groups in total. The molecule has 0 aromatic carbocycles. The second-order valence-corrected chi connectivity index (χ2v) is 6.50. The zero-order valence-corrected chi connectivity index (χ0v) is 11.7. The highest BCUT2D eigenvalue weighted by atomic mass is 16.5. The van der Waals surface area contributed by atoms with Crippen LogP contribution in [0.15, 0.2) is 5.16 Å². The predicted octanol–water partition coefficient (Wildman–Crippen LogP) is 0.836. The lowest BCUT2D eigenvalue weighted by molar-refractivity contribution is -0.132. The predicted molar refractivity (Wildman–Crippen MR) is 73.3 cm³/mol. The number of hydrogen-bond donors (Lipinski definition) is 3. The van der Waals surface area contributed by atoms with Crippen LogP contribution in [0.4, 0.5) is 0 Å². The van der Waals surface area contributed by atoms with Gasteiger partial charge in [-0.25, -0.2) is 0 Å². The highest BCUT2D eigenvalue weighted by molar-refractivity contribution is 6.06. The molecular weight excluding hydrogens is 258 g/mol. The van der Waals surface area contributed by atoms with Gasteiger partial charge in [0.25, 0.3) is 0 Å². The Kier molecular flexibility index (Phi) is 3.36. The van der Waals surface area contributed by atoms with Crippen LogP contribution in [-0.4, -0.2) is 36.7 Å². The summed E-state index contributed by atoms with van der Waals surface area (Å²) in [6.45, 7) is 1.67. The lowest BCUT2D eigenvalue weighted by Crippen LogP contribution is -2.53. The zero-order valence-electron chi connectivity index (χ0n) is 11.7. The molecule has 0 aromatic rings. The maximum atomic E-state index is 12.6. The van der Waals surface area contributed by atoms with Crippen LogP contribution >= 0.6 is 0 Å². The lowest BCUT2D eigenvalue weighted by Gasteiger charge is -2.34. The van der Waals surface area contributed by atoms with Gasteiger partial charge < -0.3 is 21.0 Å². The zero-order chi connectivity index (χ0) is 14.2. The molecule has 112 valence electrons. The number of hydrogen-bond acceptors (Lipinski definition) is 4. The molecule has 1 aliphatic heterocycles. The average molecular weight is 281 g/mol. The minimum atomic E-state index is -0.896. The van der Waals surface area contributed by atoms with E-state index < -0.39 is 5.41 Å². The number of ether oxygens (including phenoxy) is 1. The Morgan fingerprint density at radius 3 is 2.45 bits per heavy atom. The quantitative estimate of drug-likeness (QED) is 0.301. The summed E-state index contributed by atoms with van der Waals surface area (Å²) in [7, 11) is 0. The van der Waals surface area contributed by atoms with E-state index in [1.54, 1.807) is 0 Å². The van der Waals surface area contributed by atoms with Crippen LogP contribution < -0.4 is 11.1 Å². The molecular formula is C14H23N3O3. The number of carbonyl (C=O) groups is 1. The van der Waals surface area contributed by atoms with Gasteiger partial charge in [0.05, 0.1) is 0 Å². The number of nitrogens with one attached hydrogen (secondary N) is 1. The molecule has 0 unspecified atom stereocenters. The number of oxime groups is 1. The fourth-order valence-corrected chi connectivity index (χ4v) is 3.43. The van der Waals surface area contributed by atoms with Crippen molar-refractivity contribution in [1.29, 1.82) is 0 Å². The van der Waals surface area contributed by atoms with Crippen LogP contribution in [0.1, 0.15) is 38.5 Å². The van der Waals surface area contributed by atoms with Crippen molar-refractivity contribution in [3.63, 3.8) is 0 Å². The molecule has 1 saturated heterocycles. The first-order valence-electron chi connectivity index (χ1n) is 7.47. The first-order valence-corrected chi connectivity index (χ1v) is 7.47. The van der Waals surface area contributed by atoms with Crippen molar-refractivity contribution < 1.29 is 14.7 Å². The molecule has 3 rings (SSSR count). The van der Waals surface area contributed by atoms with E-state index in [4.69, 9.17) is 15.7 Å². The van der Waals surface area contributed by atoms with Crippen LogP contribution in [-0.2, 0) is 9.53 Å². The van der Waals surface area contributed by atoms with Crippen LogP contribution in [0, 0.1) is 16.7 Å². The van der Waals surface area contributed by atoms with E-state index >= 15 is 0 Å². The number of rotatable bonds is 5. The minimum Gasteiger partial charge on any atom is -0.409 e. The number of amides is 1. The molecule has 0 spiro atoms. The summed E-state index contributed by atoms with van der Waals surface area (Å²) in [6.07, 6.45) is 6.00.